The van der Waals surface area contributed by atoms with Gasteiger partial charge in [-0.1, -0.05) is 0 Å². The van der Waals surface area contributed by atoms with Crippen molar-refractivity contribution >= 4 is 17.4 Å². The van der Waals surface area contributed by atoms with Crippen molar-refractivity contribution < 1.29 is 5.11 Å². The number of aliphatic hydroxyl groups excluding tert-OH is 1. The summed E-state index contributed by atoms with van der Waals surface area (Å²) in [5, 5.41) is 13.0. The van der Waals surface area contributed by atoms with Crippen molar-refractivity contribution in [2.45, 2.75) is 44.8 Å². The Morgan fingerprint density at radius 2 is 2.00 bits per heavy atom. The van der Waals surface area contributed by atoms with E-state index >= 15 is 0 Å². The van der Waals surface area contributed by atoms with Crippen molar-refractivity contribution in [1.82, 2.24) is 9.97 Å². The van der Waals surface area contributed by atoms with Crippen LogP contribution in [0.4, 0.5) is 5.82 Å². The molecule has 1 fully saturated rings. The van der Waals surface area contributed by atoms with Gasteiger partial charge in [0.25, 0.3) is 0 Å². The van der Waals surface area contributed by atoms with E-state index in [9.17, 15) is 5.11 Å². The number of aryl methyl sites for hydroxylation is 1. The molecule has 5 heteroatoms. The lowest BCUT2D eigenvalue weighted by Gasteiger charge is -2.26. The fourth-order valence-electron chi connectivity index (χ4n) is 2.04. The molecule has 0 amide bonds. The Hall–Kier alpha value is -0.870. The highest BCUT2D eigenvalue weighted by atomic mass is 35.5. The van der Waals surface area contributed by atoms with Gasteiger partial charge in [0.05, 0.1) is 6.10 Å². The summed E-state index contributed by atoms with van der Waals surface area (Å²) in [6.07, 6.45) is 3.53. The fraction of sp³-hybridized carbons (Fsp3) is 0.636. The molecule has 0 aliphatic heterocycles. The molecular formula is C11H16ClN3O. The van der Waals surface area contributed by atoms with Crippen molar-refractivity contribution in [3.63, 3.8) is 0 Å². The Bertz CT molecular complexity index is 344. The van der Waals surface area contributed by atoms with Crippen LogP contribution in [0.1, 0.15) is 31.4 Å². The third-order valence-corrected chi connectivity index (χ3v) is 3.04. The van der Waals surface area contributed by atoms with E-state index in [1.807, 2.05) is 13.0 Å². The van der Waals surface area contributed by atoms with Gasteiger partial charge in [0.2, 0.25) is 5.28 Å². The van der Waals surface area contributed by atoms with Gasteiger partial charge in [0.15, 0.2) is 0 Å². The first-order valence-electron chi connectivity index (χ1n) is 5.59. The second-order valence-corrected chi connectivity index (χ2v) is 4.65. The third-order valence-electron chi connectivity index (χ3n) is 2.88. The number of aromatic nitrogens is 2. The van der Waals surface area contributed by atoms with Gasteiger partial charge in [-0.3, -0.25) is 0 Å². The Labute approximate surface area is 100 Å². The van der Waals surface area contributed by atoms with Crippen LogP contribution in [0, 0.1) is 6.92 Å². The van der Waals surface area contributed by atoms with E-state index in [0.29, 0.717) is 6.04 Å². The fourth-order valence-corrected chi connectivity index (χ4v) is 2.26. The largest absolute Gasteiger partial charge is 0.393 e. The maximum absolute atomic E-state index is 9.41. The summed E-state index contributed by atoms with van der Waals surface area (Å²) in [5.41, 5.74) is 0.860. The lowest BCUT2D eigenvalue weighted by Crippen LogP contribution is -2.28. The molecule has 0 atom stereocenters. The molecule has 0 radical (unpaired) electrons. The van der Waals surface area contributed by atoms with E-state index in [0.717, 1.165) is 37.2 Å². The van der Waals surface area contributed by atoms with Crippen molar-refractivity contribution in [3.8, 4) is 0 Å². The molecule has 0 saturated heterocycles. The maximum atomic E-state index is 9.41. The number of aliphatic hydroxyl groups is 1. The summed E-state index contributed by atoms with van der Waals surface area (Å²) >= 11 is 5.79. The normalized spacial score (nSPS) is 25.4. The Morgan fingerprint density at radius 3 is 2.62 bits per heavy atom. The van der Waals surface area contributed by atoms with Gasteiger partial charge in [0.1, 0.15) is 5.82 Å². The van der Waals surface area contributed by atoms with E-state index in [-0.39, 0.29) is 11.4 Å². The van der Waals surface area contributed by atoms with Gasteiger partial charge < -0.3 is 10.4 Å². The average molecular weight is 242 g/mol. The molecule has 0 bridgehead atoms. The molecule has 0 unspecified atom stereocenters. The van der Waals surface area contributed by atoms with Gasteiger partial charge >= 0.3 is 0 Å². The highest BCUT2D eigenvalue weighted by molar-refractivity contribution is 6.28. The second-order valence-electron chi connectivity index (χ2n) is 4.31. The van der Waals surface area contributed by atoms with E-state index in [2.05, 4.69) is 15.3 Å². The highest BCUT2D eigenvalue weighted by Gasteiger charge is 2.19. The lowest BCUT2D eigenvalue weighted by atomic mass is 9.93. The van der Waals surface area contributed by atoms with Gasteiger partial charge in [-0.2, -0.15) is 0 Å². The van der Waals surface area contributed by atoms with Gasteiger partial charge in [0, 0.05) is 17.8 Å². The highest BCUT2D eigenvalue weighted by Crippen LogP contribution is 2.22. The summed E-state index contributed by atoms with van der Waals surface area (Å²) in [6.45, 7) is 1.89. The van der Waals surface area contributed by atoms with Crippen LogP contribution in [0.15, 0.2) is 6.07 Å². The Balaban J connectivity index is 1.98. The van der Waals surface area contributed by atoms with Crippen LogP contribution in [0.2, 0.25) is 5.28 Å². The minimum absolute atomic E-state index is 0.131. The molecule has 1 heterocycles. The van der Waals surface area contributed by atoms with E-state index in [4.69, 9.17) is 11.6 Å². The average Bonchev–Trinajstić information content (AvgIpc) is 2.20. The molecule has 88 valence electrons. The van der Waals surface area contributed by atoms with E-state index in [1.165, 1.54) is 0 Å². The summed E-state index contributed by atoms with van der Waals surface area (Å²) < 4.78 is 0. The quantitative estimate of drug-likeness (QED) is 0.779. The number of hydrogen-bond donors (Lipinski definition) is 2. The number of nitrogens with one attached hydrogen (secondary N) is 1. The van der Waals surface area contributed by atoms with Crippen LogP contribution in [-0.4, -0.2) is 27.2 Å². The van der Waals surface area contributed by atoms with Gasteiger partial charge in [-0.15, -0.1) is 0 Å². The monoisotopic (exact) mass is 241 g/mol. The zero-order chi connectivity index (χ0) is 11.5. The predicted molar refractivity (Wildman–Crippen MR) is 63.7 cm³/mol. The minimum atomic E-state index is -0.131. The lowest BCUT2D eigenvalue weighted by molar-refractivity contribution is 0.126. The van der Waals surface area contributed by atoms with Crippen molar-refractivity contribution in [2.24, 2.45) is 0 Å². The molecule has 1 aromatic rings. The molecule has 1 aliphatic rings. The minimum Gasteiger partial charge on any atom is -0.393 e. The number of nitrogens with zero attached hydrogens (tertiary/aromatic N) is 2. The summed E-state index contributed by atoms with van der Waals surface area (Å²) in [5.74, 6) is 0.777. The zero-order valence-corrected chi connectivity index (χ0v) is 10.0. The molecule has 0 aromatic carbocycles. The van der Waals surface area contributed by atoms with E-state index in [1.54, 1.807) is 0 Å². The molecule has 0 spiro atoms. The summed E-state index contributed by atoms with van der Waals surface area (Å²) in [4.78, 5) is 8.14. The van der Waals surface area contributed by atoms with Gasteiger partial charge in [-0.05, 0) is 44.2 Å². The maximum Gasteiger partial charge on any atom is 0.224 e. The number of rotatable bonds is 2. The topological polar surface area (TPSA) is 58.0 Å². The number of halogens is 1. The summed E-state index contributed by atoms with van der Waals surface area (Å²) in [6, 6.07) is 2.27. The number of anilines is 1. The van der Waals surface area contributed by atoms with Crippen LogP contribution in [-0.2, 0) is 0 Å². The van der Waals surface area contributed by atoms with E-state index < -0.39 is 0 Å². The first kappa shape index (κ1) is 11.6. The van der Waals surface area contributed by atoms with Crippen LogP contribution >= 0.6 is 11.6 Å². The first-order chi connectivity index (χ1) is 7.63. The molecular weight excluding hydrogens is 226 g/mol. The van der Waals surface area contributed by atoms with Crippen LogP contribution < -0.4 is 5.32 Å². The van der Waals surface area contributed by atoms with Crippen molar-refractivity contribution in [3.05, 3.63) is 17.0 Å². The molecule has 1 aromatic heterocycles. The third kappa shape index (κ3) is 3.06. The molecule has 4 nitrogen and oxygen atoms in total. The molecule has 1 aliphatic carbocycles. The van der Waals surface area contributed by atoms with Crippen molar-refractivity contribution in [1.29, 1.82) is 0 Å². The summed E-state index contributed by atoms with van der Waals surface area (Å²) in [7, 11) is 0. The Kier molecular flexibility index (Phi) is 3.61. The van der Waals surface area contributed by atoms with Crippen LogP contribution in [0.5, 0.6) is 0 Å². The zero-order valence-electron chi connectivity index (χ0n) is 9.28. The second kappa shape index (κ2) is 4.97. The smallest absolute Gasteiger partial charge is 0.224 e. The number of hydrogen-bond acceptors (Lipinski definition) is 4. The van der Waals surface area contributed by atoms with Crippen molar-refractivity contribution in [2.75, 3.05) is 5.32 Å². The molecule has 2 N–H and O–H groups in total. The van der Waals surface area contributed by atoms with Crippen LogP contribution in [0.25, 0.3) is 0 Å². The Morgan fingerprint density at radius 1 is 1.31 bits per heavy atom. The van der Waals surface area contributed by atoms with Gasteiger partial charge in [-0.25, -0.2) is 9.97 Å². The molecule has 16 heavy (non-hydrogen) atoms. The first-order valence-corrected chi connectivity index (χ1v) is 5.97. The standard InChI is InChI=1S/C11H16ClN3O/c1-7-6-10(15-11(12)13-7)14-8-2-4-9(16)5-3-8/h6,8-9,16H,2-5H2,1H3,(H,13,14,15). The molecule has 1 saturated carbocycles. The predicted octanol–water partition coefficient (Wildman–Crippen LogP) is 2.15. The SMILES string of the molecule is Cc1cc(NC2CCC(O)CC2)nc(Cl)n1. The van der Waals surface area contributed by atoms with Crippen LogP contribution in [0.3, 0.4) is 0 Å². The molecule has 2 rings (SSSR count).